The van der Waals surface area contributed by atoms with Crippen LogP contribution in [0.25, 0.3) is 0 Å². The monoisotopic (exact) mass is 295 g/mol. The molecule has 0 unspecified atom stereocenters. The molecule has 0 radical (unpaired) electrons. The van der Waals surface area contributed by atoms with Gasteiger partial charge in [-0.25, -0.2) is 15.3 Å². The van der Waals surface area contributed by atoms with E-state index in [9.17, 15) is 14.4 Å². The van der Waals surface area contributed by atoms with Crippen molar-refractivity contribution in [1.82, 2.24) is 20.6 Å². The number of nitrogens with zero attached hydrogens (tertiary/aromatic N) is 2. The number of H-pyrrole nitrogens is 2. The topological polar surface area (TPSA) is 133 Å². The van der Waals surface area contributed by atoms with Crippen molar-refractivity contribution >= 4 is 23.9 Å². The van der Waals surface area contributed by atoms with Crippen LogP contribution in [0.1, 0.15) is 5.76 Å². The summed E-state index contributed by atoms with van der Waals surface area (Å²) in [5.41, 5.74) is 0.910. The average Bonchev–Trinajstić information content (AvgIpc) is 2.91. The number of thioether (sulfide) groups is 1. The Bertz CT molecular complexity index is 718. The molecule has 0 fully saturated rings. The van der Waals surface area contributed by atoms with Crippen molar-refractivity contribution in [3.63, 3.8) is 0 Å². The number of aromatic amines is 2. The van der Waals surface area contributed by atoms with E-state index < -0.39 is 17.2 Å². The number of carbonyl (C=O) groups is 1. The molecule has 0 spiro atoms. The summed E-state index contributed by atoms with van der Waals surface area (Å²) in [6.45, 7) is 0. The first-order valence-corrected chi connectivity index (χ1v) is 6.31. The molecule has 3 N–H and O–H groups in total. The second-order valence-corrected chi connectivity index (χ2v) is 4.37. The zero-order valence-electron chi connectivity index (χ0n) is 9.95. The van der Waals surface area contributed by atoms with Gasteiger partial charge in [-0.1, -0.05) is 11.8 Å². The zero-order valence-corrected chi connectivity index (χ0v) is 10.8. The highest BCUT2D eigenvalue weighted by Gasteiger charge is 2.06. The second kappa shape index (κ2) is 6.52. The van der Waals surface area contributed by atoms with Gasteiger partial charge in [0, 0.05) is 0 Å². The molecule has 9 nitrogen and oxygen atoms in total. The molecule has 1 amide bonds. The van der Waals surface area contributed by atoms with Crippen molar-refractivity contribution in [3.05, 3.63) is 45.0 Å². The number of nitrogens with one attached hydrogen (secondary N) is 3. The number of furan rings is 1. The summed E-state index contributed by atoms with van der Waals surface area (Å²) in [5, 5.41) is 9.25. The van der Waals surface area contributed by atoms with Gasteiger partial charge in [-0.05, 0) is 12.1 Å². The van der Waals surface area contributed by atoms with Crippen molar-refractivity contribution in [1.29, 1.82) is 0 Å². The molecule has 20 heavy (non-hydrogen) atoms. The summed E-state index contributed by atoms with van der Waals surface area (Å²) in [6, 6.07) is 3.36. The summed E-state index contributed by atoms with van der Waals surface area (Å²) in [4.78, 5) is 35.5. The molecular formula is C10H9N5O4S. The zero-order chi connectivity index (χ0) is 14.4. The first kappa shape index (κ1) is 13.8. The van der Waals surface area contributed by atoms with Gasteiger partial charge in [-0.15, -0.1) is 0 Å². The summed E-state index contributed by atoms with van der Waals surface area (Å²) in [6.07, 6.45) is 2.82. The molecule has 104 valence electrons. The van der Waals surface area contributed by atoms with Crippen molar-refractivity contribution in [2.24, 2.45) is 5.10 Å². The van der Waals surface area contributed by atoms with Crippen LogP contribution in [0.3, 0.4) is 0 Å². The van der Waals surface area contributed by atoms with E-state index in [0.29, 0.717) is 5.76 Å². The Balaban J connectivity index is 1.83. The maximum absolute atomic E-state index is 11.4. The van der Waals surface area contributed by atoms with Crippen LogP contribution in [-0.4, -0.2) is 33.1 Å². The summed E-state index contributed by atoms with van der Waals surface area (Å²) < 4.78 is 4.98. The third-order valence-electron chi connectivity index (χ3n) is 1.94. The molecule has 0 aliphatic carbocycles. The van der Waals surface area contributed by atoms with Crippen LogP contribution in [0.4, 0.5) is 0 Å². The maximum Gasteiger partial charge on any atom is 0.342 e. The Hall–Kier alpha value is -2.62. The molecule has 2 rings (SSSR count). The molecule has 10 heteroatoms. The van der Waals surface area contributed by atoms with Crippen LogP contribution in [0.15, 0.2) is 42.5 Å². The molecule has 0 aliphatic rings. The van der Waals surface area contributed by atoms with E-state index >= 15 is 0 Å². The first-order chi connectivity index (χ1) is 9.65. The minimum atomic E-state index is -0.702. The number of hydrogen-bond donors (Lipinski definition) is 3. The summed E-state index contributed by atoms with van der Waals surface area (Å²) in [5.74, 6) is -0.000599. The van der Waals surface area contributed by atoms with Gasteiger partial charge < -0.3 is 4.42 Å². The highest BCUT2D eigenvalue weighted by molar-refractivity contribution is 7.99. The smallest absolute Gasteiger partial charge is 0.342 e. The van der Waals surface area contributed by atoms with Gasteiger partial charge in [0.05, 0.1) is 18.2 Å². The molecule has 2 aromatic rings. The van der Waals surface area contributed by atoms with E-state index in [-0.39, 0.29) is 10.8 Å². The first-order valence-electron chi connectivity index (χ1n) is 5.32. The van der Waals surface area contributed by atoms with E-state index in [2.05, 4.69) is 20.7 Å². The van der Waals surface area contributed by atoms with Crippen LogP contribution in [0.2, 0.25) is 0 Å². The van der Waals surface area contributed by atoms with Crippen LogP contribution in [0.5, 0.6) is 0 Å². The quantitative estimate of drug-likeness (QED) is 0.379. The fourth-order valence-corrected chi connectivity index (χ4v) is 1.76. The Labute approximate surface area is 115 Å². The largest absolute Gasteiger partial charge is 0.463 e. The summed E-state index contributed by atoms with van der Waals surface area (Å²) in [7, 11) is 0. The van der Waals surface area contributed by atoms with E-state index in [0.717, 1.165) is 11.8 Å². The van der Waals surface area contributed by atoms with Gasteiger partial charge in [0.1, 0.15) is 5.76 Å². The van der Waals surface area contributed by atoms with Gasteiger partial charge in [0.15, 0.2) is 5.03 Å². The third kappa shape index (κ3) is 3.95. The summed E-state index contributed by atoms with van der Waals surface area (Å²) >= 11 is 0.877. The third-order valence-corrected chi connectivity index (χ3v) is 2.90. The standard InChI is InChI=1S/C10H9N5O4S/c16-7(13-11-4-6-2-1-3-19-6)5-20-9-8(17)12-10(18)15-14-9/h1-4H,5H2,(H,13,16)(H2,12,15,17,18)/b11-4+. The Morgan fingerprint density at radius 2 is 2.40 bits per heavy atom. The predicted molar refractivity (Wildman–Crippen MR) is 70.6 cm³/mol. The SMILES string of the molecule is O=C(CSc1n[nH]c(=O)[nH]c1=O)N/N=C/c1ccco1. The lowest BCUT2D eigenvalue weighted by atomic mass is 10.5. The van der Waals surface area contributed by atoms with Crippen LogP contribution in [-0.2, 0) is 4.79 Å². The van der Waals surface area contributed by atoms with E-state index in [1.165, 1.54) is 12.5 Å². The highest BCUT2D eigenvalue weighted by atomic mass is 32.2. The molecule has 2 heterocycles. The molecule has 0 saturated carbocycles. The molecule has 0 bridgehead atoms. The average molecular weight is 295 g/mol. The van der Waals surface area contributed by atoms with Crippen LogP contribution in [0, 0.1) is 0 Å². The van der Waals surface area contributed by atoms with Gasteiger partial charge in [-0.3, -0.25) is 14.6 Å². The minimum absolute atomic E-state index is 0.00485. The highest BCUT2D eigenvalue weighted by Crippen LogP contribution is 2.06. The van der Waals surface area contributed by atoms with Crippen LogP contribution >= 0.6 is 11.8 Å². The van der Waals surface area contributed by atoms with E-state index in [1.54, 1.807) is 12.1 Å². The van der Waals surface area contributed by atoms with Crippen LogP contribution < -0.4 is 16.7 Å². The van der Waals surface area contributed by atoms with Crippen molar-refractivity contribution in [2.75, 3.05) is 5.75 Å². The molecule has 0 atom stereocenters. The molecular weight excluding hydrogens is 286 g/mol. The number of hydrogen-bond acceptors (Lipinski definition) is 7. The lowest BCUT2D eigenvalue weighted by molar-refractivity contribution is -0.118. The normalized spacial score (nSPS) is 10.8. The van der Waals surface area contributed by atoms with Gasteiger partial charge in [0.25, 0.3) is 5.56 Å². The maximum atomic E-state index is 11.4. The molecule has 0 aromatic carbocycles. The van der Waals surface area contributed by atoms with Gasteiger partial charge in [-0.2, -0.15) is 10.2 Å². The Kier molecular flexibility index (Phi) is 4.50. The minimum Gasteiger partial charge on any atom is -0.463 e. The Morgan fingerprint density at radius 3 is 3.10 bits per heavy atom. The number of rotatable bonds is 5. The molecule has 0 saturated heterocycles. The number of amides is 1. The van der Waals surface area contributed by atoms with Gasteiger partial charge >= 0.3 is 5.69 Å². The molecule has 2 aromatic heterocycles. The number of carbonyl (C=O) groups excluding carboxylic acids is 1. The fourth-order valence-electron chi connectivity index (χ4n) is 1.13. The van der Waals surface area contributed by atoms with Crippen molar-refractivity contribution < 1.29 is 9.21 Å². The second-order valence-electron chi connectivity index (χ2n) is 3.41. The number of hydrazone groups is 1. The van der Waals surface area contributed by atoms with Crippen molar-refractivity contribution in [2.45, 2.75) is 5.03 Å². The fraction of sp³-hybridized carbons (Fsp3) is 0.100. The molecule has 0 aliphatic heterocycles. The number of aromatic nitrogens is 3. The van der Waals surface area contributed by atoms with Gasteiger partial charge in [0.2, 0.25) is 5.91 Å². The van der Waals surface area contributed by atoms with E-state index in [1.807, 2.05) is 4.98 Å². The Morgan fingerprint density at radius 1 is 1.55 bits per heavy atom. The lowest BCUT2D eigenvalue weighted by Crippen LogP contribution is -2.26. The van der Waals surface area contributed by atoms with Crippen molar-refractivity contribution in [3.8, 4) is 0 Å². The van der Waals surface area contributed by atoms with E-state index in [4.69, 9.17) is 4.42 Å². The lowest BCUT2D eigenvalue weighted by Gasteiger charge is -1.98. The predicted octanol–water partition coefficient (Wildman–Crippen LogP) is -0.706.